The van der Waals surface area contributed by atoms with Crippen molar-refractivity contribution in [1.29, 1.82) is 0 Å². The summed E-state index contributed by atoms with van der Waals surface area (Å²) in [5, 5.41) is 12.5. The van der Waals surface area contributed by atoms with E-state index in [1.165, 1.54) is 11.4 Å². The van der Waals surface area contributed by atoms with Gasteiger partial charge < -0.3 is 15.4 Å². The molecule has 0 spiro atoms. The standard InChI is InChI=1S/C20H24Cl2N4O3S/c1-4-30(28,29)25(3)7-8-26-11-17-19(20(26)27)18(15(10-23)12(2)24-17)14-6-5-13(21)9-16(14)22/h5-6,9,11,27H,4,7-8,10,23H2,1-3H3. The highest BCUT2D eigenvalue weighted by molar-refractivity contribution is 7.89. The first-order chi connectivity index (χ1) is 14.1. The Balaban J connectivity index is 2.16. The van der Waals surface area contributed by atoms with Gasteiger partial charge in [-0.2, -0.15) is 0 Å². The predicted molar refractivity (Wildman–Crippen MR) is 122 cm³/mol. The van der Waals surface area contributed by atoms with E-state index in [0.29, 0.717) is 32.1 Å². The van der Waals surface area contributed by atoms with Crippen LogP contribution in [0.5, 0.6) is 5.88 Å². The fourth-order valence-corrected chi connectivity index (χ4v) is 4.76. The number of fused-ring (bicyclic) bond motifs is 1. The molecule has 0 amide bonds. The van der Waals surface area contributed by atoms with E-state index in [1.54, 1.807) is 35.9 Å². The topological polar surface area (TPSA) is 101 Å². The van der Waals surface area contributed by atoms with E-state index in [9.17, 15) is 13.5 Å². The Labute approximate surface area is 186 Å². The van der Waals surface area contributed by atoms with Crippen LogP contribution in [-0.2, 0) is 23.1 Å². The van der Waals surface area contributed by atoms with Crippen LogP contribution in [0, 0.1) is 6.92 Å². The molecule has 0 aliphatic carbocycles. The number of nitrogens with zero attached hydrogens (tertiary/aromatic N) is 3. The number of sulfonamides is 1. The lowest BCUT2D eigenvalue weighted by Gasteiger charge is -2.16. The number of aryl methyl sites for hydroxylation is 1. The molecule has 0 bridgehead atoms. The first kappa shape index (κ1) is 22.8. The summed E-state index contributed by atoms with van der Waals surface area (Å²) in [5.74, 6) is -0.00122. The van der Waals surface area contributed by atoms with Crippen molar-refractivity contribution < 1.29 is 13.5 Å². The van der Waals surface area contributed by atoms with Gasteiger partial charge in [0.05, 0.1) is 16.7 Å². The van der Waals surface area contributed by atoms with Crippen molar-refractivity contribution in [3.8, 4) is 17.0 Å². The van der Waals surface area contributed by atoms with Gasteiger partial charge in [-0.3, -0.25) is 4.98 Å². The molecule has 0 saturated heterocycles. The zero-order valence-corrected chi connectivity index (χ0v) is 19.3. The van der Waals surface area contributed by atoms with Crippen molar-refractivity contribution in [1.82, 2.24) is 13.9 Å². The van der Waals surface area contributed by atoms with Crippen LogP contribution in [0.4, 0.5) is 0 Å². The van der Waals surface area contributed by atoms with Crippen molar-refractivity contribution in [2.45, 2.75) is 26.9 Å². The third kappa shape index (κ3) is 4.15. The van der Waals surface area contributed by atoms with E-state index >= 15 is 0 Å². The summed E-state index contributed by atoms with van der Waals surface area (Å²) >= 11 is 12.5. The van der Waals surface area contributed by atoms with Crippen LogP contribution in [0.3, 0.4) is 0 Å². The number of hydrogen-bond donors (Lipinski definition) is 2. The van der Waals surface area contributed by atoms with Gasteiger partial charge >= 0.3 is 0 Å². The van der Waals surface area contributed by atoms with Crippen LogP contribution in [0.1, 0.15) is 18.2 Å². The number of aromatic nitrogens is 2. The number of likely N-dealkylation sites (N-methyl/N-ethyl adjacent to an activating group) is 1. The van der Waals surface area contributed by atoms with Gasteiger partial charge in [0.1, 0.15) is 0 Å². The summed E-state index contributed by atoms with van der Waals surface area (Å²) in [6.45, 7) is 4.14. The van der Waals surface area contributed by atoms with Crippen molar-refractivity contribution in [2.75, 3.05) is 19.3 Å². The van der Waals surface area contributed by atoms with Gasteiger partial charge in [-0.1, -0.05) is 29.3 Å². The van der Waals surface area contributed by atoms with Gasteiger partial charge in [0.15, 0.2) is 0 Å². The van der Waals surface area contributed by atoms with Crippen molar-refractivity contribution in [3.05, 3.63) is 45.7 Å². The van der Waals surface area contributed by atoms with Crippen LogP contribution >= 0.6 is 23.2 Å². The number of pyridine rings is 1. The molecular weight excluding hydrogens is 447 g/mol. The third-order valence-electron chi connectivity index (χ3n) is 5.21. The van der Waals surface area contributed by atoms with Crippen LogP contribution in [0.25, 0.3) is 22.0 Å². The Morgan fingerprint density at radius 2 is 2.00 bits per heavy atom. The molecule has 0 aliphatic rings. The summed E-state index contributed by atoms with van der Waals surface area (Å²) in [5.41, 5.74) is 9.47. The number of rotatable bonds is 7. The molecule has 3 rings (SSSR count). The van der Waals surface area contributed by atoms with E-state index in [2.05, 4.69) is 4.98 Å². The molecule has 162 valence electrons. The van der Waals surface area contributed by atoms with Crippen LogP contribution < -0.4 is 5.73 Å². The van der Waals surface area contributed by atoms with E-state index in [0.717, 1.165) is 11.3 Å². The Hall–Kier alpha value is -1.84. The first-order valence-corrected chi connectivity index (χ1v) is 11.8. The van der Waals surface area contributed by atoms with Crippen molar-refractivity contribution >= 4 is 44.1 Å². The predicted octanol–water partition coefficient (Wildman–Crippen LogP) is 3.76. The molecule has 10 heteroatoms. The van der Waals surface area contributed by atoms with E-state index in [-0.39, 0.29) is 31.3 Å². The Kier molecular flexibility index (Phi) is 6.64. The van der Waals surface area contributed by atoms with Gasteiger partial charge in [-0.15, -0.1) is 0 Å². The Morgan fingerprint density at radius 3 is 2.60 bits per heavy atom. The second-order valence-electron chi connectivity index (χ2n) is 7.01. The number of benzene rings is 1. The minimum Gasteiger partial charge on any atom is -0.494 e. The third-order valence-corrected chi connectivity index (χ3v) is 7.62. The molecule has 2 aromatic heterocycles. The van der Waals surface area contributed by atoms with Gasteiger partial charge in [0, 0.05) is 59.7 Å². The molecule has 1 aromatic carbocycles. The second-order valence-corrected chi connectivity index (χ2v) is 10.2. The van der Waals surface area contributed by atoms with Crippen LogP contribution in [0.15, 0.2) is 24.4 Å². The number of halogens is 2. The van der Waals surface area contributed by atoms with E-state index in [1.807, 2.05) is 6.92 Å². The van der Waals surface area contributed by atoms with Crippen molar-refractivity contribution in [2.24, 2.45) is 5.73 Å². The maximum absolute atomic E-state index is 12.0. The maximum atomic E-state index is 12.0. The average Bonchev–Trinajstić information content (AvgIpc) is 3.00. The van der Waals surface area contributed by atoms with Gasteiger partial charge in [0.25, 0.3) is 0 Å². The van der Waals surface area contributed by atoms with Crippen molar-refractivity contribution in [3.63, 3.8) is 0 Å². The normalized spacial score (nSPS) is 12.2. The lowest BCUT2D eigenvalue weighted by atomic mass is 9.95. The lowest BCUT2D eigenvalue weighted by Crippen LogP contribution is -2.31. The molecule has 7 nitrogen and oxygen atoms in total. The zero-order chi connectivity index (χ0) is 22.2. The van der Waals surface area contributed by atoms with Gasteiger partial charge in [-0.05, 0) is 31.5 Å². The Bertz CT molecular complexity index is 1210. The highest BCUT2D eigenvalue weighted by Crippen LogP contribution is 2.42. The zero-order valence-electron chi connectivity index (χ0n) is 17.0. The molecule has 0 aliphatic heterocycles. The highest BCUT2D eigenvalue weighted by atomic mass is 35.5. The molecule has 2 heterocycles. The van der Waals surface area contributed by atoms with Gasteiger partial charge in [-0.25, -0.2) is 12.7 Å². The second kappa shape index (κ2) is 8.72. The molecule has 0 fully saturated rings. The monoisotopic (exact) mass is 470 g/mol. The molecule has 0 saturated carbocycles. The van der Waals surface area contributed by atoms with E-state index < -0.39 is 10.0 Å². The summed E-state index contributed by atoms with van der Waals surface area (Å²) in [6.07, 6.45) is 1.71. The number of nitrogens with two attached hydrogens (primary N) is 1. The smallest absolute Gasteiger partial charge is 0.213 e. The first-order valence-electron chi connectivity index (χ1n) is 9.41. The molecule has 3 N–H and O–H groups in total. The number of aromatic hydroxyl groups is 1. The fraction of sp³-hybridized carbons (Fsp3) is 0.350. The molecule has 0 radical (unpaired) electrons. The molecule has 0 unspecified atom stereocenters. The number of hydrogen-bond acceptors (Lipinski definition) is 5. The largest absolute Gasteiger partial charge is 0.494 e. The maximum Gasteiger partial charge on any atom is 0.213 e. The highest BCUT2D eigenvalue weighted by Gasteiger charge is 2.22. The van der Waals surface area contributed by atoms with E-state index in [4.69, 9.17) is 28.9 Å². The summed E-state index contributed by atoms with van der Waals surface area (Å²) in [7, 11) is -1.79. The minimum absolute atomic E-state index is 0.0168. The SMILES string of the molecule is CCS(=O)(=O)N(C)CCn1cc2nc(C)c(CN)c(-c3ccc(Cl)cc3Cl)c2c1O. The van der Waals surface area contributed by atoms with Crippen LogP contribution in [-0.4, -0.2) is 46.7 Å². The fourth-order valence-electron chi connectivity index (χ4n) is 3.45. The summed E-state index contributed by atoms with van der Waals surface area (Å²) in [4.78, 5) is 4.59. The summed E-state index contributed by atoms with van der Waals surface area (Å²) < 4.78 is 26.9. The minimum atomic E-state index is -3.31. The summed E-state index contributed by atoms with van der Waals surface area (Å²) in [6, 6.07) is 5.15. The van der Waals surface area contributed by atoms with Gasteiger partial charge in [0.2, 0.25) is 15.9 Å². The average molecular weight is 471 g/mol. The van der Waals surface area contributed by atoms with Crippen LogP contribution in [0.2, 0.25) is 10.0 Å². The molecule has 0 atom stereocenters. The molecule has 30 heavy (non-hydrogen) atoms. The molecular formula is C20H24Cl2N4O3S. The lowest BCUT2D eigenvalue weighted by molar-refractivity contribution is 0.395. The molecule has 3 aromatic rings. The Morgan fingerprint density at radius 1 is 1.30 bits per heavy atom. The quantitative estimate of drug-likeness (QED) is 0.547.